The summed E-state index contributed by atoms with van der Waals surface area (Å²) in [4.78, 5) is 28.5. The Morgan fingerprint density at radius 3 is 2.16 bits per heavy atom. The van der Waals surface area contributed by atoms with E-state index in [1.807, 2.05) is 24.3 Å². The van der Waals surface area contributed by atoms with Gasteiger partial charge in [0, 0.05) is 16.3 Å². The van der Waals surface area contributed by atoms with Crippen LogP contribution in [0.5, 0.6) is 11.5 Å². The minimum atomic E-state index is -0.926. The van der Waals surface area contributed by atoms with Gasteiger partial charge >= 0.3 is 5.91 Å². The summed E-state index contributed by atoms with van der Waals surface area (Å²) in [5.74, 6) is 0.0341. The third kappa shape index (κ3) is 7.69. The highest BCUT2D eigenvalue weighted by Gasteiger charge is 2.48. The Bertz CT molecular complexity index is 1660. The number of amides is 1. The van der Waals surface area contributed by atoms with Gasteiger partial charge < -0.3 is 14.6 Å². The minimum Gasteiger partial charge on any atom is -0.507 e. The van der Waals surface area contributed by atoms with Crippen molar-refractivity contribution in [3.05, 3.63) is 100 Å². The summed E-state index contributed by atoms with van der Waals surface area (Å²) in [6, 6.07) is 20.7. The van der Waals surface area contributed by atoms with Gasteiger partial charge in [-0.2, -0.15) is 0 Å². The van der Waals surface area contributed by atoms with E-state index >= 15 is 0 Å². The molecule has 1 unspecified atom stereocenters. The molecule has 1 atom stereocenters. The lowest BCUT2D eigenvalue weighted by Crippen LogP contribution is -2.29. The van der Waals surface area contributed by atoms with Crippen LogP contribution in [-0.2, 0) is 15.3 Å². The summed E-state index contributed by atoms with van der Waals surface area (Å²) in [6.07, 6.45) is 3.89. The number of benzene rings is 3. The van der Waals surface area contributed by atoms with Gasteiger partial charge in [-0.15, -0.1) is 10.2 Å². The summed E-state index contributed by atoms with van der Waals surface area (Å²) in [6.45, 7) is 5.36. The zero-order chi connectivity index (χ0) is 31.8. The predicted octanol–water partition coefficient (Wildman–Crippen LogP) is 8.47. The van der Waals surface area contributed by atoms with Crippen LogP contribution in [0.2, 0.25) is 5.02 Å². The van der Waals surface area contributed by atoms with E-state index in [4.69, 9.17) is 21.1 Å². The second kappa shape index (κ2) is 15.4. The van der Waals surface area contributed by atoms with Crippen molar-refractivity contribution < 1.29 is 24.2 Å². The van der Waals surface area contributed by atoms with E-state index in [1.165, 1.54) is 28.0 Å². The molecule has 45 heavy (non-hydrogen) atoms. The van der Waals surface area contributed by atoms with Gasteiger partial charge in [0.05, 0.1) is 24.8 Å². The second-order valence-corrected chi connectivity index (χ2v) is 13.0. The Hall–Kier alpha value is -3.86. The molecular formula is C34H34ClN3O5S2. The Morgan fingerprint density at radius 2 is 1.53 bits per heavy atom. The summed E-state index contributed by atoms with van der Waals surface area (Å²) in [7, 11) is 0. The number of Topliss-reactive ketones (excluding diaryl/α,β-unsaturated/α-hetero) is 1. The first kappa shape index (κ1) is 32.5. The fourth-order valence-corrected chi connectivity index (χ4v) is 6.89. The van der Waals surface area contributed by atoms with Gasteiger partial charge in [0.15, 0.2) is 4.34 Å². The molecule has 4 aromatic rings. The molecule has 234 valence electrons. The molecule has 0 saturated carbocycles. The zero-order valence-electron chi connectivity index (χ0n) is 25.1. The van der Waals surface area contributed by atoms with E-state index in [2.05, 4.69) is 24.0 Å². The normalized spacial score (nSPS) is 15.9. The average molecular weight is 664 g/mol. The van der Waals surface area contributed by atoms with E-state index in [0.717, 1.165) is 31.2 Å². The van der Waals surface area contributed by atoms with Crippen LogP contribution < -0.4 is 14.4 Å². The number of nitrogens with zero attached hydrogens (tertiary/aromatic N) is 3. The largest absolute Gasteiger partial charge is 0.507 e. The van der Waals surface area contributed by atoms with Gasteiger partial charge in [0.25, 0.3) is 5.78 Å². The average Bonchev–Trinajstić information content (AvgIpc) is 3.63. The number of ketones is 1. The molecule has 1 N–H and O–H groups in total. The molecule has 1 fully saturated rings. The Labute approximate surface area is 276 Å². The first-order valence-corrected chi connectivity index (χ1v) is 17.1. The number of rotatable bonds is 14. The highest BCUT2D eigenvalue weighted by molar-refractivity contribution is 8.00. The topological polar surface area (TPSA) is 102 Å². The van der Waals surface area contributed by atoms with E-state index in [0.29, 0.717) is 51.0 Å². The SMILES string of the molecule is CCCCOc1ccc(C(O)=C2C(=O)C(=O)N(c3nnc(SCc4ccccc4Cl)s3)C2c2ccc(OCCCC)cc2)cc1. The Balaban J connectivity index is 1.48. The lowest BCUT2D eigenvalue weighted by molar-refractivity contribution is -0.132. The molecule has 1 amide bonds. The van der Waals surface area contributed by atoms with Crippen LogP contribution in [0.3, 0.4) is 0 Å². The molecular weight excluding hydrogens is 630 g/mol. The van der Waals surface area contributed by atoms with Gasteiger partial charge in [-0.05, 0) is 66.4 Å². The van der Waals surface area contributed by atoms with Crippen molar-refractivity contribution in [1.82, 2.24) is 10.2 Å². The number of carbonyl (C=O) groups excluding carboxylic acids is 2. The van der Waals surface area contributed by atoms with Crippen LogP contribution in [0.15, 0.2) is 82.7 Å². The van der Waals surface area contributed by atoms with E-state index in [1.54, 1.807) is 48.5 Å². The van der Waals surface area contributed by atoms with Gasteiger partial charge in [0.2, 0.25) is 5.13 Å². The molecule has 1 saturated heterocycles. The van der Waals surface area contributed by atoms with Crippen molar-refractivity contribution in [2.75, 3.05) is 18.1 Å². The van der Waals surface area contributed by atoms with E-state index < -0.39 is 17.7 Å². The van der Waals surface area contributed by atoms with Crippen LogP contribution in [0.1, 0.15) is 62.3 Å². The number of hydrogen-bond acceptors (Lipinski definition) is 9. The number of aliphatic hydroxyl groups excluding tert-OH is 1. The molecule has 0 spiro atoms. The van der Waals surface area contributed by atoms with Gasteiger partial charge in [-0.25, -0.2) is 0 Å². The van der Waals surface area contributed by atoms with Crippen molar-refractivity contribution in [3.63, 3.8) is 0 Å². The summed E-state index contributed by atoms with van der Waals surface area (Å²) in [5, 5.41) is 21.0. The number of aliphatic hydroxyl groups is 1. The Morgan fingerprint density at radius 1 is 0.911 bits per heavy atom. The number of anilines is 1. The standard InChI is InChI=1S/C34H34ClN3O5S2/c1-3-5-19-42-25-15-11-22(12-16-25)29-28(30(39)23-13-17-26(18-14-23)43-20-6-4-2)31(40)32(41)38(29)33-36-37-34(45-33)44-21-24-9-7-8-10-27(24)35/h7-18,29,39H,3-6,19-21H2,1-2H3. The third-order valence-electron chi connectivity index (χ3n) is 7.21. The number of aromatic nitrogens is 2. The monoisotopic (exact) mass is 663 g/mol. The van der Waals surface area contributed by atoms with Gasteiger partial charge in [-0.1, -0.05) is 91.7 Å². The number of thioether (sulfide) groups is 1. The number of halogens is 1. The molecule has 0 bridgehead atoms. The highest BCUT2D eigenvalue weighted by Crippen LogP contribution is 2.44. The molecule has 1 aromatic heterocycles. The van der Waals surface area contributed by atoms with Crippen LogP contribution in [0.25, 0.3) is 5.76 Å². The molecule has 3 aromatic carbocycles. The molecule has 1 aliphatic heterocycles. The molecule has 11 heteroatoms. The van der Waals surface area contributed by atoms with Crippen molar-refractivity contribution in [3.8, 4) is 11.5 Å². The molecule has 0 radical (unpaired) electrons. The lowest BCUT2D eigenvalue weighted by atomic mass is 9.95. The summed E-state index contributed by atoms with van der Waals surface area (Å²) >= 11 is 8.96. The van der Waals surface area contributed by atoms with Crippen LogP contribution in [0, 0.1) is 0 Å². The number of unbranched alkanes of at least 4 members (excludes halogenated alkanes) is 2. The maximum absolute atomic E-state index is 13.6. The maximum atomic E-state index is 13.6. The molecule has 0 aliphatic carbocycles. The summed E-state index contributed by atoms with van der Waals surface area (Å²) in [5.41, 5.74) is 1.94. The second-order valence-electron chi connectivity index (χ2n) is 10.4. The van der Waals surface area contributed by atoms with Crippen LogP contribution in [0.4, 0.5) is 5.13 Å². The van der Waals surface area contributed by atoms with Crippen molar-refractivity contribution in [1.29, 1.82) is 0 Å². The lowest BCUT2D eigenvalue weighted by Gasteiger charge is -2.22. The minimum absolute atomic E-state index is 0.0280. The smallest absolute Gasteiger partial charge is 0.301 e. The van der Waals surface area contributed by atoms with Crippen LogP contribution >= 0.6 is 34.7 Å². The van der Waals surface area contributed by atoms with E-state index in [-0.39, 0.29) is 16.5 Å². The van der Waals surface area contributed by atoms with Gasteiger partial charge in [0.1, 0.15) is 17.3 Å². The van der Waals surface area contributed by atoms with Crippen LogP contribution in [-0.4, -0.2) is 40.2 Å². The number of ether oxygens (including phenoxy) is 2. The molecule has 8 nitrogen and oxygen atoms in total. The summed E-state index contributed by atoms with van der Waals surface area (Å²) < 4.78 is 12.2. The highest BCUT2D eigenvalue weighted by atomic mass is 35.5. The number of carbonyl (C=O) groups is 2. The van der Waals surface area contributed by atoms with Crippen molar-refractivity contribution in [2.24, 2.45) is 0 Å². The molecule has 1 aliphatic rings. The van der Waals surface area contributed by atoms with Gasteiger partial charge in [-0.3, -0.25) is 14.5 Å². The zero-order valence-corrected chi connectivity index (χ0v) is 27.5. The molecule has 5 rings (SSSR count). The third-order valence-corrected chi connectivity index (χ3v) is 9.69. The first-order valence-electron chi connectivity index (χ1n) is 14.9. The number of hydrogen-bond donors (Lipinski definition) is 1. The predicted molar refractivity (Wildman–Crippen MR) is 179 cm³/mol. The fraction of sp³-hybridized carbons (Fsp3) is 0.294. The van der Waals surface area contributed by atoms with Crippen molar-refractivity contribution >= 4 is 57.3 Å². The first-order chi connectivity index (χ1) is 21.9. The van der Waals surface area contributed by atoms with Crippen molar-refractivity contribution in [2.45, 2.75) is 55.7 Å². The molecule has 2 heterocycles. The van der Waals surface area contributed by atoms with E-state index in [9.17, 15) is 14.7 Å². The Kier molecular flexibility index (Phi) is 11.2. The fourth-order valence-electron chi connectivity index (χ4n) is 4.74. The quantitative estimate of drug-likeness (QED) is 0.0358. The maximum Gasteiger partial charge on any atom is 0.301 e.